The number of aromatic nitrogens is 6. The average Bonchev–Trinajstić information content (AvgIpc) is 3.55. The number of hydrogen-bond acceptors (Lipinski definition) is 7. The molecule has 1 aromatic carbocycles. The predicted molar refractivity (Wildman–Crippen MR) is 161 cm³/mol. The smallest absolute Gasteiger partial charge is 0.275 e. The monoisotopic (exact) mass is 592 g/mol. The molecule has 3 aromatic heterocycles. The number of amides is 2. The normalized spacial score (nSPS) is 16.0. The molecule has 212 valence electrons. The number of rotatable bonds is 7. The van der Waals surface area contributed by atoms with Crippen molar-refractivity contribution in [2.24, 2.45) is 5.92 Å². The predicted octanol–water partition coefficient (Wildman–Crippen LogP) is 4.87. The minimum atomic E-state index is -0.501. The van der Waals surface area contributed by atoms with Crippen molar-refractivity contribution in [1.29, 1.82) is 0 Å². The summed E-state index contributed by atoms with van der Waals surface area (Å²) in [6.07, 6.45) is 8.44. The van der Waals surface area contributed by atoms with E-state index < -0.39 is 11.7 Å². The van der Waals surface area contributed by atoms with Crippen molar-refractivity contribution in [3.8, 4) is 11.3 Å². The minimum absolute atomic E-state index is 0.0135. The van der Waals surface area contributed by atoms with E-state index >= 15 is 4.39 Å². The summed E-state index contributed by atoms with van der Waals surface area (Å²) in [5, 5.41) is 7.07. The van der Waals surface area contributed by atoms with Crippen LogP contribution in [0.5, 0.6) is 0 Å². The van der Waals surface area contributed by atoms with Gasteiger partial charge in [-0.05, 0) is 38.3 Å². The number of anilines is 2. The number of carbonyl (C=O) groups is 2. The summed E-state index contributed by atoms with van der Waals surface area (Å²) in [5.74, 6) is -0.268. The van der Waals surface area contributed by atoms with E-state index in [1.54, 1.807) is 35.0 Å². The molecule has 4 heterocycles. The molecule has 4 atom stereocenters. The largest absolute Gasteiger partial charge is 0.318 e. The van der Waals surface area contributed by atoms with Crippen LogP contribution in [-0.4, -0.2) is 48.1 Å². The van der Waals surface area contributed by atoms with Gasteiger partial charge in [-0.1, -0.05) is 19.1 Å². The number of benzene rings is 1. The first-order chi connectivity index (χ1) is 19.5. The quantitative estimate of drug-likeness (QED) is 0.304. The third-order valence-electron chi connectivity index (χ3n) is 7.20. The third kappa shape index (κ3) is 5.74. The van der Waals surface area contributed by atoms with Gasteiger partial charge in [-0.2, -0.15) is 5.10 Å². The van der Waals surface area contributed by atoms with Crippen molar-refractivity contribution in [2.45, 2.75) is 45.6 Å². The third-order valence-corrected chi connectivity index (χ3v) is 7.92. The lowest BCUT2D eigenvalue weighted by Crippen LogP contribution is -2.28. The van der Waals surface area contributed by atoms with E-state index in [0.717, 1.165) is 12.0 Å². The van der Waals surface area contributed by atoms with Gasteiger partial charge in [-0.25, -0.2) is 14.4 Å². The molecule has 13 heteroatoms. The topological polar surface area (TPSA) is 119 Å². The zero-order valence-electron chi connectivity index (χ0n) is 23.2. The average molecular weight is 593 g/mol. The van der Waals surface area contributed by atoms with E-state index in [1.807, 2.05) is 26.8 Å². The molecule has 0 aliphatic carbocycles. The number of nitrogens with zero attached hydrogens (tertiary/aromatic N) is 7. The van der Waals surface area contributed by atoms with Crippen LogP contribution in [0, 0.1) is 25.6 Å². The first-order valence-corrected chi connectivity index (χ1v) is 14.5. The second-order valence-electron chi connectivity index (χ2n) is 10.2. The van der Waals surface area contributed by atoms with E-state index in [4.69, 9.17) is 0 Å². The molecule has 4 aromatic rings. The van der Waals surface area contributed by atoms with Crippen LogP contribution in [0.4, 0.5) is 15.9 Å². The van der Waals surface area contributed by atoms with Gasteiger partial charge >= 0.3 is 0 Å². The van der Waals surface area contributed by atoms with Crippen LogP contribution < -0.4 is 10.2 Å². The first kappa shape index (κ1) is 28.8. The lowest BCUT2D eigenvalue weighted by atomic mass is 10.0. The van der Waals surface area contributed by atoms with Crippen LogP contribution in [0.1, 0.15) is 64.7 Å². The van der Waals surface area contributed by atoms with E-state index in [0.29, 0.717) is 40.6 Å². The molecule has 0 spiro atoms. The molecule has 0 saturated carbocycles. The SMILES string of the molecule is Cc1ccc(C(P)P)c(-c2cncc(C(=O)Nc3cnn(C(C)c4cnc(N5CC[C@@H](C)C5=O)c(C)n4)c3)n2)c1F. The summed E-state index contributed by atoms with van der Waals surface area (Å²) < 4.78 is 16.8. The molecule has 1 aliphatic heterocycles. The Labute approximate surface area is 242 Å². The molecule has 41 heavy (non-hydrogen) atoms. The van der Waals surface area contributed by atoms with E-state index in [-0.39, 0.29) is 34.7 Å². The summed E-state index contributed by atoms with van der Waals surface area (Å²) in [7, 11) is 5.25. The Bertz CT molecular complexity index is 1640. The van der Waals surface area contributed by atoms with E-state index in [2.05, 4.69) is 48.8 Å². The van der Waals surface area contributed by atoms with Crippen molar-refractivity contribution in [1.82, 2.24) is 29.7 Å². The lowest BCUT2D eigenvalue weighted by Gasteiger charge is -2.19. The second-order valence-corrected chi connectivity index (χ2v) is 12.4. The fraction of sp³-hybridized carbons (Fsp3) is 0.321. The number of nitrogens with one attached hydrogen (secondary N) is 1. The maximum Gasteiger partial charge on any atom is 0.275 e. The maximum atomic E-state index is 15.1. The molecule has 5 rings (SSSR count). The zero-order chi connectivity index (χ0) is 29.4. The fourth-order valence-electron chi connectivity index (χ4n) is 4.77. The minimum Gasteiger partial charge on any atom is -0.318 e. The standard InChI is InChI=1S/C28H31FN8O2P2/c1-14-5-6-19(28(40)41)23(24(14)29)21-10-30-11-22(35-21)26(38)34-18-9-32-37(13-18)17(4)20-12-31-25(16(3)33-20)36-8-7-15(2)27(36)39/h5-6,9-13,15,17,28H,7-8,40-41H2,1-4H3,(H,34,38)/t15-,17?/m1/s1. The van der Waals surface area contributed by atoms with Gasteiger partial charge in [0.1, 0.15) is 11.5 Å². The molecule has 0 radical (unpaired) electrons. The molecule has 1 aliphatic rings. The van der Waals surface area contributed by atoms with Crippen molar-refractivity contribution >= 4 is 41.8 Å². The van der Waals surface area contributed by atoms with Gasteiger partial charge in [0.2, 0.25) is 5.91 Å². The van der Waals surface area contributed by atoms with Crippen molar-refractivity contribution in [3.05, 3.63) is 77.1 Å². The Kier molecular flexibility index (Phi) is 8.20. The highest BCUT2D eigenvalue weighted by Crippen LogP contribution is 2.38. The summed E-state index contributed by atoms with van der Waals surface area (Å²) in [4.78, 5) is 45.0. The van der Waals surface area contributed by atoms with Gasteiger partial charge in [-0.15, -0.1) is 18.5 Å². The second kappa shape index (κ2) is 11.7. The molecule has 10 nitrogen and oxygen atoms in total. The lowest BCUT2D eigenvalue weighted by molar-refractivity contribution is -0.119. The van der Waals surface area contributed by atoms with Crippen LogP contribution in [0.3, 0.4) is 0 Å². The Balaban J connectivity index is 1.33. The van der Waals surface area contributed by atoms with Gasteiger partial charge in [0, 0.05) is 29.6 Å². The number of hydrogen-bond donors (Lipinski definition) is 1. The van der Waals surface area contributed by atoms with Crippen LogP contribution >= 0.6 is 18.5 Å². The molecule has 1 N–H and O–H groups in total. The van der Waals surface area contributed by atoms with Crippen molar-refractivity contribution < 1.29 is 14.0 Å². The Hall–Kier alpha value is -3.68. The van der Waals surface area contributed by atoms with Gasteiger partial charge in [0.25, 0.3) is 5.91 Å². The van der Waals surface area contributed by atoms with Crippen LogP contribution in [0.15, 0.2) is 43.1 Å². The molecule has 2 amide bonds. The molecular formula is C28H31FN8O2P2. The van der Waals surface area contributed by atoms with Crippen molar-refractivity contribution in [3.63, 3.8) is 0 Å². The fourth-order valence-corrected chi connectivity index (χ4v) is 5.32. The number of halogens is 1. The van der Waals surface area contributed by atoms with Crippen molar-refractivity contribution in [2.75, 3.05) is 16.8 Å². The van der Waals surface area contributed by atoms with Gasteiger partial charge in [0.05, 0.1) is 53.6 Å². The number of carbonyl (C=O) groups excluding carboxylic acids is 2. The molecular weight excluding hydrogens is 561 g/mol. The van der Waals surface area contributed by atoms with Crippen LogP contribution in [-0.2, 0) is 4.79 Å². The highest BCUT2D eigenvalue weighted by molar-refractivity contribution is 7.37. The van der Waals surface area contributed by atoms with Gasteiger partial charge in [0.15, 0.2) is 5.82 Å². The summed E-state index contributed by atoms with van der Waals surface area (Å²) in [5.41, 5.74) is 3.61. The Morgan fingerprint density at radius 3 is 2.61 bits per heavy atom. The Morgan fingerprint density at radius 2 is 1.93 bits per heavy atom. The summed E-state index contributed by atoms with van der Waals surface area (Å²) in [6.45, 7) is 7.99. The highest BCUT2D eigenvalue weighted by Gasteiger charge is 2.31. The van der Waals surface area contributed by atoms with Crippen LogP contribution in [0.25, 0.3) is 11.3 Å². The molecule has 0 bridgehead atoms. The van der Waals surface area contributed by atoms with E-state index in [1.165, 1.54) is 18.6 Å². The van der Waals surface area contributed by atoms with Crippen LogP contribution in [0.2, 0.25) is 0 Å². The summed E-state index contributed by atoms with van der Waals surface area (Å²) in [6, 6.07) is 3.27. The molecule has 1 fully saturated rings. The molecule has 1 saturated heterocycles. The van der Waals surface area contributed by atoms with Gasteiger partial charge in [-0.3, -0.25) is 29.1 Å². The Morgan fingerprint density at radius 1 is 1.15 bits per heavy atom. The van der Waals surface area contributed by atoms with Gasteiger partial charge < -0.3 is 5.32 Å². The molecule has 3 unspecified atom stereocenters. The summed E-state index contributed by atoms with van der Waals surface area (Å²) >= 11 is 0. The first-order valence-electron chi connectivity index (χ1n) is 13.2. The van der Waals surface area contributed by atoms with E-state index in [9.17, 15) is 9.59 Å². The maximum absolute atomic E-state index is 15.1. The highest BCUT2D eigenvalue weighted by atomic mass is 31.1. The number of aryl methyl sites for hydroxylation is 2. The zero-order valence-corrected chi connectivity index (χ0v) is 25.5.